The van der Waals surface area contributed by atoms with Crippen molar-refractivity contribution in [2.75, 3.05) is 0 Å². The second kappa shape index (κ2) is 8.59. The lowest BCUT2D eigenvalue weighted by Crippen LogP contribution is -2.23. The highest BCUT2D eigenvalue weighted by atomic mass is 32.2. The Balaban J connectivity index is 1.59. The molecular formula is C24H16F2N4O2S. The molecule has 0 spiro atoms. The Morgan fingerprint density at radius 3 is 2.52 bits per heavy atom. The van der Waals surface area contributed by atoms with Gasteiger partial charge in [-0.1, -0.05) is 59.4 Å². The zero-order valence-electron chi connectivity index (χ0n) is 17.3. The standard InChI is InChI=1S/C24H16F2N4O2S/c1-14(22-28-21(29-32-22)15-7-3-2-4-8-15)33-24-27-19-10-6-5-9-17(19)23(31)30(24)20-12-11-16(25)13-18(20)26/h2-14H,1H3. The maximum atomic E-state index is 14.7. The van der Waals surface area contributed by atoms with E-state index in [4.69, 9.17) is 4.52 Å². The topological polar surface area (TPSA) is 73.8 Å². The molecule has 0 N–H and O–H groups in total. The quantitative estimate of drug-likeness (QED) is 0.251. The smallest absolute Gasteiger partial charge is 0.266 e. The Labute approximate surface area is 190 Å². The van der Waals surface area contributed by atoms with Gasteiger partial charge >= 0.3 is 0 Å². The number of nitrogens with zero attached hydrogens (tertiary/aromatic N) is 4. The number of hydrogen-bond donors (Lipinski definition) is 0. The molecule has 0 saturated heterocycles. The van der Waals surface area contributed by atoms with Crippen LogP contribution in [0.15, 0.2) is 87.3 Å². The van der Waals surface area contributed by atoms with Gasteiger partial charge in [0, 0.05) is 11.6 Å². The zero-order valence-corrected chi connectivity index (χ0v) is 18.1. The van der Waals surface area contributed by atoms with Gasteiger partial charge in [-0.3, -0.25) is 9.36 Å². The van der Waals surface area contributed by atoms with Crippen LogP contribution in [0.3, 0.4) is 0 Å². The molecule has 0 fully saturated rings. The molecule has 9 heteroatoms. The number of rotatable bonds is 5. The molecule has 1 atom stereocenters. The summed E-state index contributed by atoms with van der Waals surface area (Å²) in [5.41, 5.74) is 0.714. The van der Waals surface area contributed by atoms with Crippen molar-refractivity contribution in [3.63, 3.8) is 0 Å². The SMILES string of the molecule is CC(Sc1nc2ccccc2c(=O)n1-c1ccc(F)cc1F)c1nc(-c2ccccc2)no1. The lowest BCUT2D eigenvalue weighted by Gasteiger charge is -2.15. The second-order valence-electron chi connectivity index (χ2n) is 7.23. The summed E-state index contributed by atoms with van der Waals surface area (Å²) in [4.78, 5) is 22.3. The minimum absolute atomic E-state index is 0.0927. The first-order valence-corrected chi connectivity index (χ1v) is 10.9. The Kier molecular flexibility index (Phi) is 5.47. The summed E-state index contributed by atoms with van der Waals surface area (Å²) in [6, 6.07) is 19.2. The van der Waals surface area contributed by atoms with Crippen LogP contribution in [-0.2, 0) is 0 Å². The molecule has 6 nitrogen and oxygen atoms in total. The fraction of sp³-hybridized carbons (Fsp3) is 0.0833. The van der Waals surface area contributed by atoms with E-state index in [0.717, 1.165) is 34.0 Å². The number of para-hydroxylation sites is 1. The van der Waals surface area contributed by atoms with Crippen molar-refractivity contribution in [2.24, 2.45) is 0 Å². The second-order valence-corrected chi connectivity index (χ2v) is 8.54. The van der Waals surface area contributed by atoms with Gasteiger partial charge in [0.25, 0.3) is 5.56 Å². The van der Waals surface area contributed by atoms with E-state index < -0.39 is 22.4 Å². The van der Waals surface area contributed by atoms with E-state index >= 15 is 0 Å². The first-order valence-electron chi connectivity index (χ1n) is 10.0. The van der Waals surface area contributed by atoms with Crippen molar-refractivity contribution < 1.29 is 13.3 Å². The van der Waals surface area contributed by atoms with E-state index in [9.17, 15) is 13.6 Å². The van der Waals surface area contributed by atoms with Gasteiger partial charge in [-0.25, -0.2) is 13.8 Å². The van der Waals surface area contributed by atoms with Crippen molar-refractivity contribution in [2.45, 2.75) is 17.3 Å². The average Bonchev–Trinajstić information content (AvgIpc) is 3.32. The number of benzene rings is 3. The highest BCUT2D eigenvalue weighted by Gasteiger charge is 2.22. The number of halogens is 2. The number of aromatic nitrogens is 4. The molecule has 164 valence electrons. The van der Waals surface area contributed by atoms with Crippen molar-refractivity contribution in [1.29, 1.82) is 0 Å². The van der Waals surface area contributed by atoms with Crippen molar-refractivity contribution in [3.05, 3.63) is 101 Å². The zero-order chi connectivity index (χ0) is 22.9. The van der Waals surface area contributed by atoms with Gasteiger partial charge in [0.1, 0.15) is 11.6 Å². The van der Waals surface area contributed by atoms with Crippen LogP contribution in [0.4, 0.5) is 8.78 Å². The largest absolute Gasteiger partial charge is 0.338 e. The molecule has 33 heavy (non-hydrogen) atoms. The minimum Gasteiger partial charge on any atom is -0.338 e. The Bertz CT molecular complexity index is 1520. The van der Waals surface area contributed by atoms with Gasteiger partial charge in [0.05, 0.1) is 21.8 Å². The minimum atomic E-state index is -0.868. The summed E-state index contributed by atoms with van der Waals surface area (Å²) in [5, 5.41) is 4.17. The predicted molar refractivity (Wildman–Crippen MR) is 121 cm³/mol. The molecule has 0 aliphatic carbocycles. The van der Waals surface area contributed by atoms with Gasteiger partial charge in [0.2, 0.25) is 11.7 Å². The van der Waals surface area contributed by atoms with Crippen molar-refractivity contribution in [1.82, 2.24) is 19.7 Å². The average molecular weight is 462 g/mol. The summed E-state index contributed by atoms with van der Waals surface area (Å²) < 4.78 is 34.8. The summed E-state index contributed by atoms with van der Waals surface area (Å²) in [5.74, 6) is -0.841. The van der Waals surface area contributed by atoms with E-state index in [1.54, 1.807) is 24.3 Å². The third-order valence-electron chi connectivity index (χ3n) is 5.00. The third kappa shape index (κ3) is 4.03. The fourth-order valence-corrected chi connectivity index (χ4v) is 4.33. The highest BCUT2D eigenvalue weighted by Crippen LogP contribution is 2.35. The summed E-state index contributed by atoms with van der Waals surface area (Å²) >= 11 is 1.16. The number of fused-ring (bicyclic) bond motifs is 1. The van der Waals surface area contributed by atoms with Crippen LogP contribution < -0.4 is 5.56 Å². The molecule has 0 saturated carbocycles. The van der Waals surface area contributed by atoms with Crippen molar-refractivity contribution in [3.8, 4) is 17.1 Å². The first-order chi connectivity index (χ1) is 16.0. The molecule has 1 unspecified atom stereocenters. The molecule has 5 rings (SSSR count). The van der Waals surface area contributed by atoms with Crippen LogP contribution in [-0.4, -0.2) is 19.7 Å². The Hall–Kier alpha value is -3.85. The summed E-state index contributed by atoms with van der Waals surface area (Å²) in [6.07, 6.45) is 0. The van der Waals surface area contributed by atoms with Gasteiger partial charge in [-0.15, -0.1) is 0 Å². The van der Waals surface area contributed by atoms with Crippen LogP contribution >= 0.6 is 11.8 Å². The first kappa shape index (κ1) is 21.0. The van der Waals surface area contributed by atoms with Crippen LogP contribution in [0.1, 0.15) is 18.1 Å². The molecule has 0 aliphatic heterocycles. The van der Waals surface area contributed by atoms with Gasteiger partial charge < -0.3 is 4.52 Å². The molecule has 0 radical (unpaired) electrons. The van der Waals surface area contributed by atoms with Crippen LogP contribution in [0, 0.1) is 11.6 Å². The van der Waals surface area contributed by atoms with Gasteiger partial charge in [-0.05, 0) is 31.2 Å². The summed E-state index contributed by atoms with van der Waals surface area (Å²) in [6.45, 7) is 1.82. The van der Waals surface area contributed by atoms with E-state index in [2.05, 4.69) is 15.1 Å². The molecule has 0 amide bonds. The van der Waals surface area contributed by atoms with Gasteiger partial charge in [-0.2, -0.15) is 4.98 Å². The fourth-order valence-electron chi connectivity index (χ4n) is 3.38. The maximum Gasteiger partial charge on any atom is 0.266 e. The molecular weight excluding hydrogens is 446 g/mol. The highest BCUT2D eigenvalue weighted by molar-refractivity contribution is 7.99. The van der Waals surface area contributed by atoms with Crippen LogP contribution in [0.2, 0.25) is 0 Å². The summed E-state index contributed by atoms with van der Waals surface area (Å²) in [7, 11) is 0. The maximum absolute atomic E-state index is 14.7. The Morgan fingerprint density at radius 2 is 1.73 bits per heavy atom. The molecule has 0 bridgehead atoms. The van der Waals surface area contributed by atoms with Crippen molar-refractivity contribution >= 4 is 22.7 Å². The molecule has 2 aromatic heterocycles. The van der Waals surface area contributed by atoms with Gasteiger partial charge in [0.15, 0.2) is 5.16 Å². The van der Waals surface area contributed by atoms with Crippen LogP contribution in [0.5, 0.6) is 0 Å². The molecule has 5 aromatic rings. The van der Waals surface area contributed by atoms with E-state index in [0.29, 0.717) is 22.6 Å². The number of hydrogen-bond acceptors (Lipinski definition) is 6. The van der Waals surface area contributed by atoms with E-state index in [1.807, 2.05) is 37.3 Å². The molecule has 3 aromatic carbocycles. The monoisotopic (exact) mass is 462 g/mol. The van der Waals surface area contributed by atoms with E-state index in [1.165, 1.54) is 6.07 Å². The van der Waals surface area contributed by atoms with E-state index in [-0.39, 0.29) is 10.8 Å². The normalized spacial score (nSPS) is 12.2. The Morgan fingerprint density at radius 1 is 0.970 bits per heavy atom. The molecule has 2 heterocycles. The predicted octanol–water partition coefficient (Wildman–Crippen LogP) is 5.57. The third-order valence-corrected chi connectivity index (χ3v) is 6.04. The molecule has 0 aliphatic rings. The lowest BCUT2D eigenvalue weighted by atomic mass is 10.2. The van der Waals surface area contributed by atoms with Crippen LogP contribution in [0.25, 0.3) is 28.0 Å². The number of thioether (sulfide) groups is 1. The lowest BCUT2D eigenvalue weighted by molar-refractivity contribution is 0.380.